The number of amides is 4. The van der Waals surface area contributed by atoms with Crippen LogP contribution in [0.1, 0.15) is 64.7 Å². The van der Waals surface area contributed by atoms with Gasteiger partial charge in [-0.3, -0.25) is 19.3 Å². The molecule has 1 saturated heterocycles. The SMILES string of the molecule is CCN(C(=O)COC(=O)CN1C(=O)NC2(CCCC2)C1=O)C1CCCCC1. The fraction of sp³-hybridized carbons (Fsp3) is 0.789. The lowest BCUT2D eigenvalue weighted by Gasteiger charge is -2.33. The third-order valence-corrected chi connectivity index (χ3v) is 6.02. The summed E-state index contributed by atoms with van der Waals surface area (Å²) in [6.45, 7) is 1.70. The number of likely N-dealkylation sites (N-methyl/N-ethyl adjacent to an activating group) is 1. The summed E-state index contributed by atoms with van der Waals surface area (Å²) in [5.74, 6) is -1.31. The van der Waals surface area contributed by atoms with Gasteiger partial charge >= 0.3 is 12.0 Å². The van der Waals surface area contributed by atoms with Gasteiger partial charge in [-0.15, -0.1) is 0 Å². The van der Waals surface area contributed by atoms with E-state index < -0.39 is 24.1 Å². The Labute approximate surface area is 159 Å². The zero-order valence-electron chi connectivity index (χ0n) is 16.0. The zero-order valence-corrected chi connectivity index (χ0v) is 16.0. The largest absolute Gasteiger partial charge is 0.454 e. The number of carbonyl (C=O) groups is 4. The molecule has 1 spiro atoms. The van der Waals surface area contributed by atoms with E-state index in [0.29, 0.717) is 19.4 Å². The Morgan fingerprint density at radius 2 is 1.81 bits per heavy atom. The van der Waals surface area contributed by atoms with Gasteiger partial charge in [-0.2, -0.15) is 0 Å². The van der Waals surface area contributed by atoms with E-state index in [1.165, 1.54) is 6.42 Å². The summed E-state index contributed by atoms with van der Waals surface area (Å²) in [5, 5.41) is 2.72. The molecule has 150 valence electrons. The first-order valence-electron chi connectivity index (χ1n) is 10.1. The zero-order chi connectivity index (χ0) is 19.4. The van der Waals surface area contributed by atoms with Gasteiger partial charge in [0.15, 0.2) is 6.61 Å². The van der Waals surface area contributed by atoms with Crippen LogP contribution < -0.4 is 5.32 Å². The monoisotopic (exact) mass is 379 g/mol. The van der Waals surface area contributed by atoms with Crippen LogP contribution in [0.2, 0.25) is 0 Å². The first kappa shape index (κ1) is 19.6. The minimum Gasteiger partial charge on any atom is -0.454 e. The molecule has 4 amide bonds. The van der Waals surface area contributed by atoms with Crippen molar-refractivity contribution in [2.75, 3.05) is 19.7 Å². The first-order valence-corrected chi connectivity index (χ1v) is 10.1. The molecule has 0 radical (unpaired) electrons. The van der Waals surface area contributed by atoms with Gasteiger partial charge < -0.3 is 15.0 Å². The van der Waals surface area contributed by atoms with Crippen LogP contribution in [0.25, 0.3) is 0 Å². The van der Waals surface area contributed by atoms with Crippen LogP contribution in [0, 0.1) is 0 Å². The molecule has 27 heavy (non-hydrogen) atoms. The van der Waals surface area contributed by atoms with E-state index in [1.807, 2.05) is 6.92 Å². The number of ether oxygens (including phenoxy) is 1. The summed E-state index contributed by atoms with van der Waals surface area (Å²) in [6.07, 6.45) is 8.37. The average molecular weight is 379 g/mol. The minimum absolute atomic E-state index is 0.211. The van der Waals surface area contributed by atoms with Crippen molar-refractivity contribution in [3.05, 3.63) is 0 Å². The van der Waals surface area contributed by atoms with Crippen molar-refractivity contribution >= 4 is 23.8 Å². The minimum atomic E-state index is -0.840. The third-order valence-electron chi connectivity index (χ3n) is 6.02. The number of esters is 1. The van der Waals surface area contributed by atoms with Crippen LogP contribution >= 0.6 is 0 Å². The molecule has 0 aromatic rings. The molecule has 0 atom stereocenters. The van der Waals surface area contributed by atoms with Crippen molar-refractivity contribution in [2.45, 2.75) is 76.3 Å². The molecule has 3 rings (SSSR count). The second-order valence-corrected chi connectivity index (χ2v) is 7.74. The highest BCUT2D eigenvalue weighted by atomic mass is 16.5. The molecule has 8 nitrogen and oxygen atoms in total. The van der Waals surface area contributed by atoms with Crippen molar-refractivity contribution in [3.63, 3.8) is 0 Å². The quantitative estimate of drug-likeness (QED) is 0.558. The van der Waals surface area contributed by atoms with Crippen molar-refractivity contribution < 1.29 is 23.9 Å². The molecule has 0 bridgehead atoms. The maximum Gasteiger partial charge on any atom is 0.326 e. The molecule has 1 aliphatic heterocycles. The summed E-state index contributed by atoms with van der Waals surface area (Å²) in [5.41, 5.74) is -0.840. The van der Waals surface area contributed by atoms with Gasteiger partial charge in [-0.25, -0.2) is 4.79 Å². The summed E-state index contributed by atoms with van der Waals surface area (Å²) in [7, 11) is 0. The van der Waals surface area contributed by atoms with Gasteiger partial charge in [0.1, 0.15) is 12.1 Å². The predicted octanol–water partition coefficient (Wildman–Crippen LogP) is 1.58. The molecule has 2 aliphatic carbocycles. The number of hydrogen-bond donors (Lipinski definition) is 1. The fourth-order valence-corrected chi connectivity index (χ4v) is 4.57. The molecular formula is C19H29N3O5. The standard InChI is InChI=1S/C19H29N3O5/c1-2-21(14-8-4-3-5-9-14)15(23)13-27-16(24)12-22-17(25)19(20-18(22)26)10-6-7-11-19/h14H,2-13H2,1H3,(H,20,26). The second kappa shape index (κ2) is 8.27. The maximum atomic E-state index is 12.5. The van der Waals surface area contributed by atoms with Crippen LogP contribution in [0.15, 0.2) is 0 Å². The molecule has 8 heteroatoms. The van der Waals surface area contributed by atoms with Crippen LogP contribution in [0.4, 0.5) is 4.79 Å². The number of rotatable bonds is 6. The Kier molecular flexibility index (Phi) is 6.01. The van der Waals surface area contributed by atoms with Crippen LogP contribution in [0.5, 0.6) is 0 Å². The van der Waals surface area contributed by atoms with Gasteiger partial charge in [0, 0.05) is 12.6 Å². The smallest absolute Gasteiger partial charge is 0.326 e. The Hall–Kier alpha value is -2.12. The summed E-state index contributed by atoms with van der Waals surface area (Å²) in [6, 6.07) is -0.342. The lowest BCUT2D eigenvalue weighted by molar-refractivity contribution is -0.154. The number of hydrogen-bond acceptors (Lipinski definition) is 5. The topological polar surface area (TPSA) is 96.0 Å². The molecule has 0 aromatic heterocycles. The van der Waals surface area contributed by atoms with Crippen LogP contribution in [0.3, 0.4) is 0 Å². The van der Waals surface area contributed by atoms with Gasteiger partial charge in [0.2, 0.25) is 0 Å². The maximum absolute atomic E-state index is 12.5. The Bertz CT molecular complexity index is 608. The molecule has 1 heterocycles. The Morgan fingerprint density at radius 1 is 1.15 bits per heavy atom. The molecule has 2 saturated carbocycles. The lowest BCUT2D eigenvalue weighted by atomic mass is 9.94. The van der Waals surface area contributed by atoms with Crippen molar-refractivity contribution in [3.8, 4) is 0 Å². The molecule has 3 fully saturated rings. The highest BCUT2D eigenvalue weighted by Gasteiger charge is 2.52. The van der Waals surface area contributed by atoms with Crippen molar-refractivity contribution in [1.82, 2.24) is 15.1 Å². The number of nitrogens with one attached hydrogen (secondary N) is 1. The summed E-state index contributed by atoms with van der Waals surface area (Å²) < 4.78 is 5.08. The van der Waals surface area contributed by atoms with E-state index in [0.717, 1.165) is 43.4 Å². The van der Waals surface area contributed by atoms with Gasteiger partial charge in [-0.05, 0) is 32.6 Å². The number of nitrogens with zero attached hydrogens (tertiary/aromatic N) is 2. The van der Waals surface area contributed by atoms with E-state index in [9.17, 15) is 19.2 Å². The highest BCUT2D eigenvalue weighted by Crippen LogP contribution is 2.34. The Balaban J connectivity index is 1.49. The van der Waals surface area contributed by atoms with E-state index in [1.54, 1.807) is 4.90 Å². The number of urea groups is 1. The molecule has 0 aromatic carbocycles. The van der Waals surface area contributed by atoms with Crippen molar-refractivity contribution in [1.29, 1.82) is 0 Å². The van der Waals surface area contributed by atoms with E-state index in [4.69, 9.17) is 4.74 Å². The normalized spacial score (nSPS) is 22.2. The van der Waals surface area contributed by atoms with Crippen LogP contribution in [-0.2, 0) is 19.1 Å². The molecule has 3 aliphatic rings. The molecule has 0 unspecified atom stereocenters. The molecular weight excluding hydrogens is 350 g/mol. The van der Waals surface area contributed by atoms with E-state index >= 15 is 0 Å². The Morgan fingerprint density at radius 3 is 2.44 bits per heavy atom. The summed E-state index contributed by atoms with van der Waals surface area (Å²) in [4.78, 5) is 51.9. The predicted molar refractivity (Wildman–Crippen MR) is 96.7 cm³/mol. The number of imide groups is 1. The lowest BCUT2D eigenvalue weighted by Crippen LogP contribution is -2.45. The molecule has 1 N–H and O–H groups in total. The van der Waals surface area contributed by atoms with Gasteiger partial charge in [0.25, 0.3) is 11.8 Å². The van der Waals surface area contributed by atoms with E-state index in [-0.39, 0.29) is 24.5 Å². The van der Waals surface area contributed by atoms with Crippen molar-refractivity contribution in [2.24, 2.45) is 0 Å². The van der Waals surface area contributed by atoms with Gasteiger partial charge in [0.05, 0.1) is 0 Å². The fourth-order valence-electron chi connectivity index (χ4n) is 4.57. The third kappa shape index (κ3) is 4.09. The van der Waals surface area contributed by atoms with E-state index in [2.05, 4.69) is 5.32 Å². The average Bonchev–Trinajstić information content (AvgIpc) is 3.22. The highest BCUT2D eigenvalue weighted by molar-refractivity contribution is 6.08. The first-order chi connectivity index (χ1) is 13.0. The summed E-state index contributed by atoms with van der Waals surface area (Å²) >= 11 is 0. The van der Waals surface area contributed by atoms with Crippen LogP contribution in [-0.4, -0.2) is 64.9 Å². The van der Waals surface area contributed by atoms with Gasteiger partial charge in [-0.1, -0.05) is 32.1 Å². The number of carbonyl (C=O) groups excluding carboxylic acids is 4. The second-order valence-electron chi connectivity index (χ2n) is 7.74.